The highest BCUT2D eigenvalue weighted by Gasteiger charge is 2.28. The van der Waals surface area contributed by atoms with Gasteiger partial charge in [0.15, 0.2) is 0 Å². The zero-order valence-electron chi connectivity index (χ0n) is 16.0. The Morgan fingerprint density at radius 1 is 1.33 bits per heavy atom. The normalized spacial score (nSPS) is 15.6. The topological polar surface area (TPSA) is 70.8 Å². The molecule has 0 saturated heterocycles. The molecule has 0 fully saturated rings. The van der Waals surface area contributed by atoms with Gasteiger partial charge < -0.3 is 9.32 Å². The van der Waals surface area contributed by atoms with Gasteiger partial charge in [-0.2, -0.15) is 4.31 Å². The summed E-state index contributed by atoms with van der Waals surface area (Å²) in [6.07, 6.45) is 4.60. The molecule has 1 atom stereocenters. The largest absolute Gasteiger partial charge is 0.469 e. The van der Waals surface area contributed by atoms with Crippen LogP contribution in [0.1, 0.15) is 38.0 Å². The number of hydrogen-bond donors (Lipinski definition) is 0. The van der Waals surface area contributed by atoms with Gasteiger partial charge in [-0.15, -0.1) is 0 Å². The van der Waals surface area contributed by atoms with Crippen LogP contribution in [-0.2, 0) is 27.7 Å². The van der Waals surface area contributed by atoms with E-state index in [4.69, 9.17) is 4.42 Å². The van der Waals surface area contributed by atoms with Crippen LogP contribution in [-0.4, -0.2) is 38.3 Å². The van der Waals surface area contributed by atoms with Gasteiger partial charge in [0.2, 0.25) is 15.9 Å². The Morgan fingerprint density at radius 3 is 2.78 bits per heavy atom. The molecule has 0 radical (unpaired) electrons. The number of furan rings is 1. The van der Waals surface area contributed by atoms with Crippen LogP contribution in [0.2, 0.25) is 0 Å². The summed E-state index contributed by atoms with van der Waals surface area (Å²) in [5.74, 6) is 0.834. The minimum atomic E-state index is -3.60. The molecule has 0 aliphatic carbocycles. The van der Waals surface area contributed by atoms with Crippen LogP contribution in [0.5, 0.6) is 0 Å². The summed E-state index contributed by atoms with van der Waals surface area (Å²) >= 11 is 0. The molecule has 27 heavy (non-hydrogen) atoms. The van der Waals surface area contributed by atoms with Crippen molar-refractivity contribution >= 4 is 21.6 Å². The van der Waals surface area contributed by atoms with E-state index in [0.29, 0.717) is 19.4 Å². The van der Waals surface area contributed by atoms with Crippen molar-refractivity contribution in [2.45, 2.75) is 50.5 Å². The molecular formula is C20H26N2O4S. The lowest BCUT2D eigenvalue weighted by Crippen LogP contribution is -2.36. The molecule has 0 N–H and O–H groups in total. The summed E-state index contributed by atoms with van der Waals surface area (Å²) in [5.41, 5.74) is 1.73. The second-order valence-corrected chi connectivity index (χ2v) is 9.05. The minimum absolute atomic E-state index is 0.0183. The second-order valence-electron chi connectivity index (χ2n) is 7.05. The van der Waals surface area contributed by atoms with E-state index in [0.717, 1.165) is 29.9 Å². The number of rotatable bonds is 6. The smallest absolute Gasteiger partial charge is 0.243 e. The second kappa shape index (κ2) is 7.86. The molecule has 0 saturated carbocycles. The fourth-order valence-corrected chi connectivity index (χ4v) is 4.89. The summed E-state index contributed by atoms with van der Waals surface area (Å²) in [7, 11) is -1.99. The van der Waals surface area contributed by atoms with Gasteiger partial charge in [0.1, 0.15) is 5.76 Å². The zero-order valence-corrected chi connectivity index (χ0v) is 16.8. The molecule has 2 heterocycles. The van der Waals surface area contributed by atoms with Crippen LogP contribution >= 0.6 is 0 Å². The number of aryl methyl sites for hydroxylation is 2. The van der Waals surface area contributed by atoms with E-state index in [9.17, 15) is 13.2 Å². The van der Waals surface area contributed by atoms with Gasteiger partial charge in [-0.3, -0.25) is 4.79 Å². The fraction of sp³-hybridized carbons (Fsp3) is 0.450. The van der Waals surface area contributed by atoms with Crippen LogP contribution in [0.4, 0.5) is 5.69 Å². The number of nitrogens with zero attached hydrogens (tertiary/aromatic N) is 2. The van der Waals surface area contributed by atoms with E-state index < -0.39 is 10.0 Å². The van der Waals surface area contributed by atoms with Crippen LogP contribution in [0.3, 0.4) is 0 Å². The lowest BCUT2D eigenvalue weighted by molar-refractivity contribution is -0.116. The van der Waals surface area contributed by atoms with Crippen molar-refractivity contribution in [1.82, 2.24) is 4.31 Å². The maximum absolute atomic E-state index is 13.1. The number of carbonyl (C=O) groups excluding carboxylic acids is 1. The maximum Gasteiger partial charge on any atom is 0.243 e. The average molecular weight is 391 g/mol. The Morgan fingerprint density at radius 2 is 2.11 bits per heavy atom. The van der Waals surface area contributed by atoms with Gasteiger partial charge in [0.25, 0.3) is 0 Å². The van der Waals surface area contributed by atoms with Crippen molar-refractivity contribution in [2.75, 3.05) is 18.5 Å². The van der Waals surface area contributed by atoms with Gasteiger partial charge in [-0.05, 0) is 62.1 Å². The molecule has 0 spiro atoms. The molecule has 1 amide bonds. The Kier molecular flexibility index (Phi) is 5.72. The zero-order chi connectivity index (χ0) is 19.6. The number of anilines is 1. The van der Waals surface area contributed by atoms with Crippen LogP contribution in [0.15, 0.2) is 45.9 Å². The summed E-state index contributed by atoms with van der Waals surface area (Å²) in [4.78, 5) is 13.8. The molecule has 146 valence electrons. The molecule has 1 unspecified atom stereocenters. The predicted octanol–water partition coefficient (Wildman–Crippen LogP) is 3.22. The van der Waals surface area contributed by atoms with Crippen molar-refractivity contribution < 1.29 is 17.6 Å². The third kappa shape index (κ3) is 4.09. The van der Waals surface area contributed by atoms with Gasteiger partial charge in [-0.25, -0.2) is 8.42 Å². The van der Waals surface area contributed by atoms with E-state index in [2.05, 4.69) is 0 Å². The van der Waals surface area contributed by atoms with Crippen LogP contribution in [0, 0.1) is 0 Å². The van der Waals surface area contributed by atoms with Crippen molar-refractivity contribution in [2.24, 2.45) is 0 Å². The molecule has 1 aliphatic rings. The molecular weight excluding hydrogens is 364 g/mol. The molecule has 6 nitrogen and oxygen atoms in total. The molecule has 1 aromatic heterocycles. The number of carbonyl (C=O) groups is 1. The molecule has 1 aromatic carbocycles. The Bertz CT molecular complexity index is 906. The highest BCUT2D eigenvalue weighted by atomic mass is 32.2. The first-order chi connectivity index (χ1) is 12.8. The fourth-order valence-electron chi connectivity index (χ4n) is 3.45. The summed E-state index contributed by atoms with van der Waals surface area (Å²) in [6.45, 7) is 4.11. The van der Waals surface area contributed by atoms with Crippen molar-refractivity contribution in [3.05, 3.63) is 47.9 Å². The van der Waals surface area contributed by atoms with Crippen LogP contribution < -0.4 is 4.90 Å². The maximum atomic E-state index is 13.1. The number of amides is 1. The third-order valence-electron chi connectivity index (χ3n) is 5.24. The quantitative estimate of drug-likeness (QED) is 0.759. The van der Waals surface area contributed by atoms with E-state index in [1.54, 1.807) is 36.4 Å². The van der Waals surface area contributed by atoms with Crippen LogP contribution in [0.25, 0.3) is 0 Å². The number of fused-ring (bicyclic) bond motifs is 1. The minimum Gasteiger partial charge on any atom is -0.469 e. The Labute approximate surface area is 160 Å². The SMILES string of the molecule is CC(=O)N1CCCc2cc(S(=O)(=O)N(C)C(C)CCc3ccco3)ccc21. The molecule has 2 aromatic rings. The highest BCUT2D eigenvalue weighted by molar-refractivity contribution is 7.89. The monoisotopic (exact) mass is 390 g/mol. The summed E-state index contributed by atoms with van der Waals surface area (Å²) in [6, 6.07) is 8.64. The van der Waals surface area contributed by atoms with E-state index in [-0.39, 0.29) is 16.8 Å². The lowest BCUT2D eigenvalue weighted by Gasteiger charge is -2.30. The van der Waals surface area contributed by atoms with Gasteiger partial charge in [0.05, 0.1) is 11.2 Å². The van der Waals surface area contributed by atoms with E-state index in [1.807, 2.05) is 19.1 Å². The Hall–Kier alpha value is -2.12. The van der Waals surface area contributed by atoms with E-state index >= 15 is 0 Å². The molecule has 1 aliphatic heterocycles. The first-order valence-electron chi connectivity index (χ1n) is 9.22. The van der Waals surface area contributed by atoms with Crippen molar-refractivity contribution in [3.8, 4) is 0 Å². The third-order valence-corrected chi connectivity index (χ3v) is 7.20. The number of benzene rings is 1. The van der Waals surface area contributed by atoms with Gasteiger partial charge in [0, 0.05) is 38.7 Å². The summed E-state index contributed by atoms with van der Waals surface area (Å²) < 4.78 is 32.9. The average Bonchev–Trinajstić information content (AvgIpc) is 3.17. The standard InChI is InChI=1S/C20H26N2O4S/c1-15(8-9-18-7-5-13-26-18)21(3)27(24,25)19-10-11-20-17(14-19)6-4-12-22(20)16(2)23/h5,7,10-11,13-15H,4,6,8-9,12H2,1-3H3. The van der Waals surface area contributed by atoms with E-state index in [1.165, 1.54) is 11.2 Å². The first kappa shape index (κ1) is 19.6. The number of sulfonamides is 1. The first-order valence-corrected chi connectivity index (χ1v) is 10.7. The molecule has 7 heteroatoms. The van der Waals surface area contributed by atoms with Gasteiger partial charge in [-0.1, -0.05) is 0 Å². The summed E-state index contributed by atoms with van der Waals surface area (Å²) in [5, 5.41) is 0. The molecule has 0 bridgehead atoms. The lowest BCUT2D eigenvalue weighted by atomic mass is 10.0. The number of hydrogen-bond acceptors (Lipinski definition) is 4. The van der Waals surface area contributed by atoms with Crippen molar-refractivity contribution in [3.63, 3.8) is 0 Å². The Balaban J connectivity index is 1.78. The van der Waals surface area contributed by atoms with Gasteiger partial charge >= 0.3 is 0 Å². The van der Waals surface area contributed by atoms with Crippen molar-refractivity contribution in [1.29, 1.82) is 0 Å². The molecule has 3 rings (SSSR count). The predicted molar refractivity (Wildman–Crippen MR) is 104 cm³/mol. The highest BCUT2D eigenvalue weighted by Crippen LogP contribution is 2.30.